The summed E-state index contributed by atoms with van der Waals surface area (Å²) in [6.45, 7) is 0. The van der Waals surface area contributed by atoms with E-state index in [0.29, 0.717) is 11.1 Å². The van der Waals surface area contributed by atoms with E-state index in [9.17, 15) is 9.59 Å². The molecule has 98 valence electrons. The minimum absolute atomic E-state index is 0.141. The van der Waals surface area contributed by atoms with Crippen molar-refractivity contribution < 1.29 is 9.90 Å². The molecule has 0 unspecified atom stereocenters. The number of hydrogen-bond donors (Lipinski definition) is 2. The van der Waals surface area contributed by atoms with Gasteiger partial charge in [-0.3, -0.25) is 4.79 Å². The summed E-state index contributed by atoms with van der Waals surface area (Å²) in [5.41, 5.74) is 0.103. The molecule has 0 aliphatic carbocycles. The number of nitrogens with one attached hydrogen (secondary N) is 1. The van der Waals surface area contributed by atoms with Gasteiger partial charge in [-0.2, -0.15) is 0 Å². The zero-order chi connectivity index (χ0) is 14.2. The Bertz CT molecular complexity index is 701. The first-order chi connectivity index (χ1) is 8.90. The summed E-state index contributed by atoms with van der Waals surface area (Å²) < 4.78 is 0. The SMILES string of the molecule is O=C(O)c1cc(=O)[nH]cc1-c1cc(Cl)c(Cl)c(Cl)c1. The van der Waals surface area contributed by atoms with E-state index in [1.165, 1.54) is 18.3 Å². The molecule has 2 rings (SSSR count). The third-order valence-corrected chi connectivity index (χ3v) is 3.65. The van der Waals surface area contributed by atoms with Gasteiger partial charge >= 0.3 is 5.97 Å². The van der Waals surface area contributed by atoms with Gasteiger partial charge in [0.1, 0.15) is 0 Å². The molecule has 0 saturated carbocycles. The Balaban J connectivity index is 2.72. The average molecular weight is 319 g/mol. The van der Waals surface area contributed by atoms with Crippen molar-refractivity contribution in [1.82, 2.24) is 4.98 Å². The summed E-state index contributed by atoms with van der Waals surface area (Å²) >= 11 is 17.6. The van der Waals surface area contributed by atoms with Gasteiger partial charge in [-0.1, -0.05) is 34.8 Å². The molecular formula is C12H6Cl3NO3. The van der Waals surface area contributed by atoms with Crippen molar-refractivity contribution in [3.05, 3.63) is 55.4 Å². The van der Waals surface area contributed by atoms with Crippen LogP contribution in [0.5, 0.6) is 0 Å². The minimum atomic E-state index is -1.22. The van der Waals surface area contributed by atoms with Crippen LogP contribution in [0, 0.1) is 0 Å². The second-order valence-corrected chi connectivity index (χ2v) is 4.88. The van der Waals surface area contributed by atoms with Crippen molar-refractivity contribution in [2.24, 2.45) is 0 Å². The van der Waals surface area contributed by atoms with Crippen LogP contribution in [0.2, 0.25) is 15.1 Å². The van der Waals surface area contributed by atoms with E-state index in [4.69, 9.17) is 39.9 Å². The fourth-order valence-electron chi connectivity index (χ4n) is 1.60. The highest BCUT2D eigenvalue weighted by Crippen LogP contribution is 2.35. The molecule has 0 bridgehead atoms. The highest BCUT2D eigenvalue weighted by atomic mass is 35.5. The summed E-state index contributed by atoms with van der Waals surface area (Å²) in [6, 6.07) is 3.96. The van der Waals surface area contributed by atoms with Gasteiger partial charge < -0.3 is 10.1 Å². The molecule has 4 nitrogen and oxygen atoms in total. The number of hydrogen-bond acceptors (Lipinski definition) is 2. The number of aromatic carboxylic acids is 1. The fraction of sp³-hybridized carbons (Fsp3) is 0. The van der Waals surface area contributed by atoms with Crippen LogP contribution in [0.4, 0.5) is 0 Å². The number of aromatic amines is 1. The van der Waals surface area contributed by atoms with Gasteiger partial charge in [0.2, 0.25) is 5.56 Å². The van der Waals surface area contributed by atoms with Gasteiger partial charge in [0.25, 0.3) is 0 Å². The molecule has 0 aliphatic heterocycles. The molecule has 0 fully saturated rings. The van der Waals surface area contributed by atoms with Crippen LogP contribution in [0.1, 0.15) is 10.4 Å². The van der Waals surface area contributed by atoms with Crippen molar-refractivity contribution in [2.75, 3.05) is 0 Å². The lowest BCUT2D eigenvalue weighted by atomic mass is 10.0. The first kappa shape index (κ1) is 13.9. The molecule has 1 aromatic carbocycles. The van der Waals surface area contributed by atoms with Crippen molar-refractivity contribution in [1.29, 1.82) is 0 Å². The van der Waals surface area contributed by atoms with Gasteiger partial charge in [0, 0.05) is 17.8 Å². The van der Waals surface area contributed by atoms with E-state index in [-0.39, 0.29) is 20.6 Å². The standard InChI is InChI=1S/C12H6Cl3NO3/c13-8-1-5(2-9(14)11(8)15)7-4-16-10(17)3-6(7)12(18)19/h1-4H,(H,16,17)(H,18,19). The number of pyridine rings is 1. The third kappa shape index (κ3) is 2.76. The van der Waals surface area contributed by atoms with Crippen molar-refractivity contribution in [3.63, 3.8) is 0 Å². The molecule has 1 heterocycles. The Morgan fingerprint density at radius 3 is 2.21 bits per heavy atom. The summed E-state index contributed by atoms with van der Waals surface area (Å²) in [7, 11) is 0. The molecule has 2 N–H and O–H groups in total. The molecule has 0 saturated heterocycles. The van der Waals surface area contributed by atoms with Crippen LogP contribution in [-0.4, -0.2) is 16.1 Å². The summed E-state index contributed by atoms with van der Waals surface area (Å²) in [6.07, 6.45) is 1.29. The van der Waals surface area contributed by atoms with E-state index < -0.39 is 11.5 Å². The van der Waals surface area contributed by atoms with E-state index in [1.807, 2.05) is 0 Å². The summed E-state index contributed by atoms with van der Waals surface area (Å²) in [5, 5.41) is 9.69. The zero-order valence-electron chi connectivity index (χ0n) is 9.21. The highest BCUT2D eigenvalue weighted by Gasteiger charge is 2.15. The predicted octanol–water partition coefficient (Wildman–Crippen LogP) is 3.70. The van der Waals surface area contributed by atoms with Crippen LogP contribution in [-0.2, 0) is 0 Å². The molecular weight excluding hydrogens is 312 g/mol. The molecule has 0 aliphatic rings. The maximum Gasteiger partial charge on any atom is 0.336 e. The third-order valence-electron chi connectivity index (χ3n) is 2.45. The highest BCUT2D eigenvalue weighted by molar-refractivity contribution is 6.48. The number of rotatable bonds is 2. The van der Waals surface area contributed by atoms with E-state index in [2.05, 4.69) is 4.98 Å². The van der Waals surface area contributed by atoms with Gasteiger partial charge in [0.05, 0.1) is 20.6 Å². The molecule has 7 heteroatoms. The van der Waals surface area contributed by atoms with Crippen molar-refractivity contribution >= 4 is 40.8 Å². The van der Waals surface area contributed by atoms with Gasteiger partial charge in [-0.05, 0) is 17.7 Å². The number of aromatic nitrogens is 1. The lowest BCUT2D eigenvalue weighted by molar-refractivity contribution is 0.0697. The van der Waals surface area contributed by atoms with E-state index >= 15 is 0 Å². The first-order valence-corrected chi connectivity index (χ1v) is 6.14. The Labute approximate surface area is 122 Å². The van der Waals surface area contributed by atoms with Crippen LogP contribution in [0.15, 0.2) is 29.2 Å². The lowest BCUT2D eigenvalue weighted by Crippen LogP contribution is -2.10. The Kier molecular flexibility index (Phi) is 3.85. The maximum atomic E-state index is 11.2. The quantitative estimate of drug-likeness (QED) is 0.829. The van der Waals surface area contributed by atoms with Gasteiger partial charge in [-0.15, -0.1) is 0 Å². The van der Waals surface area contributed by atoms with Crippen molar-refractivity contribution in [3.8, 4) is 11.1 Å². The number of carbonyl (C=O) groups is 1. The van der Waals surface area contributed by atoms with Crippen LogP contribution in [0.3, 0.4) is 0 Å². The molecule has 19 heavy (non-hydrogen) atoms. The topological polar surface area (TPSA) is 70.2 Å². The number of benzene rings is 1. The van der Waals surface area contributed by atoms with E-state index in [0.717, 1.165) is 6.07 Å². The second-order valence-electron chi connectivity index (χ2n) is 3.68. The van der Waals surface area contributed by atoms with Crippen molar-refractivity contribution in [2.45, 2.75) is 0 Å². The average Bonchev–Trinajstić information content (AvgIpc) is 2.35. The predicted molar refractivity (Wildman–Crippen MR) is 74.5 cm³/mol. The summed E-state index contributed by atoms with van der Waals surface area (Å²) in [5.74, 6) is -1.22. The van der Waals surface area contributed by atoms with Crippen LogP contribution >= 0.6 is 34.8 Å². The number of H-pyrrole nitrogens is 1. The molecule has 0 atom stereocenters. The van der Waals surface area contributed by atoms with E-state index in [1.54, 1.807) is 0 Å². The smallest absolute Gasteiger partial charge is 0.336 e. The largest absolute Gasteiger partial charge is 0.478 e. The summed E-state index contributed by atoms with van der Waals surface area (Å²) in [4.78, 5) is 24.7. The minimum Gasteiger partial charge on any atom is -0.478 e. The maximum absolute atomic E-state index is 11.2. The Morgan fingerprint density at radius 1 is 1.11 bits per heavy atom. The molecule has 0 amide bonds. The number of halogens is 3. The number of carboxylic acids is 1. The fourth-order valence-corrected chi connectivity index (χ4v) is 2.19. The Hall–Kier alpha value is -1.49. The zero-order valence-corrected chi connectivity index (χ0v) is 11.5. The normalized spacial score (nSPS) is 10.5. The van der Waals surface area contributed by atoms with Crippen LogP contribution in [0.25, 0.3) is 11.1 Å². The lowest BCUT2D eigenvalue weighted by Gasteiger charge is -2.08. The van der Waals surface area contributed by atoms with Crippen LogP contribution < -0.4 is 5.56 Å². The second kappa shape index (κ2) is 5.25. The molecule has 0 spiro atoms. The first-order valence-electron chi connectivity index (χ1n) is 5.01. The monoisotopic (exact) mass is 317 g/mol. The molecule has 1 aromatic heterocycles. The molecule has 0 radical (unpaired) electrons. The molecule has 2 aromatic rings. The number of carboxylic acid groups (broad SMARTS) is 1. The van der Waals surface area contributed by atoms with Gasteiger partial charge in [-0.25, -0.2) is 4.79 Å². The van der Waals surface area contributed by atoms with Gasteiger partial charge in [0.15, 0.2) is 0 Å². The Morgan fingerprint density at radius 2 is 1.68 bits per heavy atom.